The van der Waals surface area contributed by atoms with Crippen molar-refractivity contribution in [2.24, 2.45) is 12.0 Å². The van der Waals surface area contributed by atoms with Crippen LogP contribution in [0.2, 0.25) is 0 Å². The lowest BCUT2D eigenvalue weighted by molar-refractivity contribution is -0.120. The highest BCUT2D eigenvalue weighted by Gasteiger charge is 2.27. The van der Waals surface area contributed by atoms with E-state index in [1.54, 1.807) is 15.8 Å². The molecule has 0 spiro atoms. The monoisotopic (exact) mass is 553 g/mol. The summed E-state index contributed by atoms with van der Waals surface area (Å²) in [5.41, 5.74) is 3.35. The number of carbonyl (C=O) groups excluding carboxylic acids is 1. The Morgan fingerprint density at radius 2 is 1.97 bits per heavy atom. The van der Waals surface area contributed by atoms with Crippen LogP contribution >= 0.6 is 24.0 Å². The topological polar surface area (TPSA) is 69.0 Å². The fourth-order valence-corrected chi connectivity index (χ4v) is 3.58. The van der Waals surface area contributed by atoms with Crippen LogP contribution in [0.4, 0.5) is 5.69 Å². The van der Waals surface area contributed by atoms with Gasteiger partial charge in [-0.2, -0.15) is 5.10 Å². The van der Waals surface area contributed by atoms with Crippen molar-refractivity contribution in [3.8, 4) is 0 Å². The average Bonchev–Trinajstić information content (AvgIpc) is 3.17. The lowest BCUT2D eigenvalue weighted by Gasteiger charge is -2.35. The predicted molar refractivity (Wildman–Crippen MR) is 140 cm³/mol. The molecule has 0 unspecified atom stereocenters. The number of nitrogens with zero attached hydrogens (tertiary/aromatic N) is 6. The fraction of sp³-hybridized carbons (Fsp3) is 0.522. The maximum atomic E-state index is 12.8. The highest BCUT2D eigenvalue weighted by Crippen LogP contribution is 2.17. The molecule has 176 valence electrons. The van der Waals surface area contributed by atoms with Crippen molar-refractivity contribution >= 4 is 41.5 Å². The molecule has 1 aromatic heterocycles. The Morgan fingerprint density at radius 3 is 2.56 bits per heavy atom. The molecule has 1 aliphatic heterocycles. The van der Waals surface area contributed by atoms with Crippen LogP contribution in [0.5, 0.6) is 0 Å². The van der Waals surface area contributed by atoms with Gasteiger partial charge in [0.05, 0.1) is 18.4 Å². The van der Waals surface area contributed by atoms with Gasteiger partial charge >= 0.3 is 0 Å². The highest BCUT2D eigenvalue weighted by molar-refractivity contribution is 14.0. The molecule has 1 fully saturated rings. The van der Waals surface area contributed by atoms with E-state index >= 15 is 0 Å². The number of aliphatic imine (C=N–C) groups is 1. The second kappa shape index (κ2) is 12.2. The van der Waals surface area contributed by atoms with E-state index in [1.165, 1.54) is 11.1 Å². The van der Waals surface area contributed by atoms with Gasteiger partial charge < -0.3 is 15.1 Å². The predicted octanol–water partition coefficient (Wildman–Crippen LogP) is 2.69. The molecular weight excluding hydrogens is 517 g/mol. The van der Waals surface area contributed by atoms with E-state index < -0.39 is 0 Å². The van der Waals surface area contributed by atoms with E-state index in [1.807, 2.05) is 18.1 Å². The first-order chi connectivity index (χ1) is 14.9. The van der Waals surface area contributed by atoms with Crippen molar-refractivity contribution < 1.29 is 4.79 Å². The second-order valence-corrected chi connectivity index (χ2v) is 8.29. The number of aromatic nitrogens is 2. The standard InChI is InChI=1S/C23H35N7O.HI/c1-6-24-23(25-13-19-9-7-8-10-20(19)15-27(4)18(2)3)29-11-12-30(22(31)17-29)21-14-26-28(5)16-21;/h7-10,14,16,18H,6,11-13,15,17H2,1-5H3,(H,24,25);1H. The Hall–Kier alpha value is -2.14. The number of piperazine rings is 1. The van der Waals surface area contributed by atoms with Gasteiger partial charge in [-0.05, 0) is 38.9 Å². The van der Waals surface area contributed by atoms with Crippen LogP contribution in [0.1, 0.15) is 31.9 Å². The smallest absolute Gasteiger partial charge is 0.246 e. The quantitative estimate of drug-likeness (QED) is 0.325. The molecule has 32 heavy (non-hydrogen) atoms. The largest absolute Gasteiger partial charge is 0.356 e. The summed E-state index contributed by atoms with van der Waals surface area (Å²) in [5.74, 6) is 0.845. The number of carbonyl (C=O) groups is 1. The molecular formula is C23H36IN7O. The van der Waals surface area contributed by atoms with Crippen LogP contribution in [0, 0.1) is 0 Å². The van der Waals surface area contributed by atoms with Crippen LogP contribution in [0.3, 0.4) is 0 Å². The van der Waals surface area contributed by atoms with Crippen LogP contribution < -0.4 is 10.2 Å². The molecule has 9 heteroatoms. The number of hydrogen-bond acceptors (Lipinski definition) is 4. The molecule has 0 radical (unpaired) electrons. The molecule has 0 atom stereocenters. The van der Waals surface area contributed by atoms with Crippen molar-refractivity contribution in [1.82, 2.24) is 24.9 Å². The number of rotatable bonds is 7. The van der Waals surface area contributed by atoms with Gasteiger partial charge in [-0.3, -0.25) is 14.4 Å². The van der Waals surface area contributed by atoms with Crippen molar-refractivity contribution in [3.05, 3.63) is 47.8 Å². The van der Waals surface area contributed by atoms with E-state index in [0.717, 1.165) is 31.3 Å². The Bertz CT molecular complexity index is 911. The van der Waals surface area contributed by atoms with Gasteiger partial charge in [0, 0.05) is 45.5 Å². The van der Waals surface area contributed by atoms with Crippen molar-refractivity contribution in [2.45, 2.75) is 39.9 Å². The average molecular weight is 553 g/mol. The van der Waals surface area contributed by atoms with Gasteiger partial charge in [-0.15, -0.1) is 24.0 Å². The van der Waals surface area contributed by atoms with Crippen LogP contribution in [-0.4, -0.2) is 70.7 Å². The molecule has 0 saturated carbocycles. The Balaban J connectivity index is 0.00000363. The zero-order chi connectivity index (χ0) is 22.4. The summed E-state index contributed by atoms with van der Waals surface area (Å²) in [7, 11) is 4.00. The van der Waals surface area contributed by atoms with Crippen LogP contribution in [0.15, 0.2) is 41.7 Å². The zero-order valence-corrected chi connectivity index (χ0v) is 22.1. The zero-order valence-electron chi connectivity index (χ0n) is 19.8. The van der Waals surface area contributed by atoms with E-state index in [-0.39, 0.29) is 29.9 Å². The number of nitrogens with one attached hydrogen (secondary N) is 1. The van der Waals surface area contributed by atoms with E-state index in [4.69, 9.17) is 4.99 Å². The summed E-state index contributed by atoms with van der Waals surface area (Å²) in [6, 6.07) is 8.94. The first-order valence-electron chi connectivity index (χ1n) is 11.0. The van der Waals surface area contributed by atoms with E-state index in [2.05, 4.69) is 67.4 Å². The summed E-state index contributed by atoms with van der Waals surface area (Å²) in [5, 5.41) is 7.54. The summed E-state index contributed by atoms with van der Waals surface area (Å²) in [4.78, 5) is 23.8. The van der Waals surface area contributed by atoms with Gasteiger partial charge in [0.1, 0.15) is 6.54 Å². The Morgan fingerprint density at radius 1 is 1.25 bits per heavy atom. The minimum Gasteiger partial charge on any atom is -0.356 e. The van der Waals surface area contributed by atoms with Crippen molar-refractivity contribution in [1.29, 1.82) is 0 Å². The molecule has 1 aromatic carbocycles. The van der Waals surface area contributed by atoms with Crippen LogP contribution in [0.25, 0.3) is 0 Å². The van der Waals surface area contributed by atoms with E-state index in [0.29, 0.717) is 25.7 Å². The van der Waals surface area contributed by atoms with Gasteiger partial charge in [0.15, 0.2) is 5.96 Å². The van der Waals surface area contributed by atoms with Gasteiger partial charge in [0.2, 0.25) is 5.91 Å². The molecule has 0 bridgehead atoms. The first kappa shape index (κ1) is 26.1. The summed E-state index contributed by atoms with van der Waals surface area (Å²) in [6.07, 6.45) is 3.61. The minimum atomic E-state index is 0. The molecule has 8 nitrogen and oxygen atoms in total. The molecule has 1 saturated heterocycles. The molecule has 3 rings (SSSR count). The van der Waals surface area contributed by atoms with Gasteiger partial charge in [0.25, 0.3) is 0 Å². The number of aryl methyl sites for hydroxylation is 1. The summed E-state index contributed by atoms with van der Waals surface area (Å²) >= 11 is 0. The molecule has 1 amide bonds. The first-order valence-corrected chi connectivity index (χ1v) is 11.0. The number of anilines is 1. The molecule has 2 aromatic rings. The number of amides is 1. The molecule has 2 heterocycles. The highest BCUT2D eigenvalue weighted by atomic mass is 127. The third-order valence-corrected chi connectivity index (χ3v) is 5.68. The summed E-state index contributed by atoms with van der Waals surface area (Å²) < 4.78 is 1.72. The number of halogens is 1. The molecule has 0 aliphatic carbocycles. The number of guanidine groups is 1. The Kier molecular flexibility index (Phi) is 9.95. The van der Waals surface area contributed by atoms with Crippen LogP contribution in [-0.2, 0) is 24.9 Å². The number of benzene rings is 1. The third kappa shape index (κ3) is 6.68. The van der Waals surface area contributed by atoms with E-state index in [9.17, 15) is 4.79 Å². The maximum absolute atomic E-state index is 12.8. The van der Waals surface area contributed by atoms with Gasteiger partial charge in [-0.25, -0.2) is 4.99 Å². The lowest BCUT2D eigenvalue weighted by atomic mass is 10.1. The maximum Gasteiger partial charge on any atom is 0.246 e. The molecule has 1 aliphatic rings. The summed E-state index contributed by atoms with van der Waals surface area (Å²) in [6.45, 7) is 10.3. The normalized spacial score (nSPS) is 14.8. The van der Waals surface area contributed by atoms with Gasteiger partial charge in [-0.1, -0.05) is 24.3 Å². The minimum absolute atomic E-state index is 0. The fourth-order valence-electron chi connectivity index (χ4n) is 3.58. The third-order valence-electron chi connectivity index (χ3n) is 5.68. The Labute approximate surface area is 208 Å². The SMILES string of the molecule is CCNC(=NCc1ccccc1CN(C)C(C)C)N1CCN(c2cnn(C)c2)C(=O)C1.I. The van der Waals surface area contributed by atoms with Crippen molar-refractivity contribution in [3.63, 3.8) is 0 Å². The second-order valence-electron chi connectivity index (χ2n) is 8.29. The number of hydrogen-bond donors (Lipinski definition) is 1. The van der Waals surface area contributed by atoms with Crippen molar-refractivity contribution in [2.75, 3.05) is 38.1 Å². The molecule has 1 N–H and O–H groups in total. The lowest BCUT2D eigenvalue weighted by Crippen LogP contribution is -2.55.